The van der Waals surface area contributed by atoms with Gasteiger partial charge < -0.3 is 20.4 Å². The molecule has 0 aliphatic carbocycles. The molecule has 0 fully saturated rings. The summed E-state index contributed by atoms with van der Waals surface area (Å²) in [6.07, 6.45) is 43.0. The third-order valence-corrected chi connectivity index (χ3v) is 12.0. The molecule has 0 aromatic heterocycles. The summed E-state index contributed by atoms with van der Waals surface area (Å²) in [5.41, 5.74) is -2.44. The summed E-state index contributed by atoms with van der Waals surface area (Å²) >= 11 is 0. The van der Waals surface area contributed by atoms with Crippen molar-refractivity contribution in [2.75, 3.05) is 19.8 Å². The molecular weight excluding hydrogens is 698 g/mol. The van der Waals surface area contributed by atoms with E-state index in [1.165, 1.54) is 180 Å². The molecule has 0 bridgehead atoms. The number of unbranched alkanes of at least 4 members (excludes halogenated alkanes) is 30. The normalized spacial score (nSPS) is 12.5. The highest BCUT2D eigenvalue weighted by Gasteiger charge is 2.48. The third-order valence-electron chi connectivity index (χ3n) is 10.9. The van der Waals surface area contributed by atoms with Crippen molar-refractivity contribution in [1.82, 2.24) is 0 Å². The van der Waals surface area contributed by atoms with Crippen molar-refractivity contribution in [3.63, 3.8) is 0 Å². The molecule has 0 radical (unpaired) electrons. The number of aliphatic hydroxyl groups excluding tert-OH is 3. The van der Waals surface area contributed by atoms with Crippen LogP contribution in [0.25, 0.3) is 0 Å². The molecule has 2 atom stereocenters. The van der Waals surface area contributed by atoms with Gasteiger partial charge in [0.2, 0.25) is 0 Å². The van der Waals surface area contributed by atoms with Crippen LogP contribution in [-0.4, -0.2) is 55.6 Å². The van der Waals surface area contributed by atoms with E-state index in [1.54, 1.807) is 0 Å². The van der Waals surface area contributed by atoms with Crippen LogP contribution in [0.1, 0.15) is 232 Å². The summed E-state index contributed by atoms with van der Waals surface area (Å²) in [4.78, 5) is 15.3. The van der Waals surface area contributed by atoms with Crippen molar-refractivity contribution >= 4 is 16.5 Å². The summed E-state index contributed by atoms with van der Waals surface area (Å²) in [5.74, 6) is 0. The molecule has 0 heterocycles. The molecule has 2 unspecified atom stereocenters. The standard InChI is InChI=1S/C41H84O4.O5P2/c1-3-5-7-9-11-13-15-17-19-21-23-25-27-29-31-33-35-41(45,40(37-42,38-43)39-44)36-34-32-30-28-26-24-22-20-18-16-14-12-10-8-6-4-2;1-6(2)5-7(3)4/h42-45H,3-39H2,1-2H3;/p+2. The summed E-state index contributed by atoms with van der Waals surface area (Å²) in [6.45, 7) is 3.42. The molecule has 0 aromatic rings. The molecule has 0 amide bonds. The zero-order chi connectivity index (χ0) is 39.0. The van der Waals surface area contributed by atoms with Crippen LogP contribution in [0.5, 0.6) is 0 Å². The predicted octanol–water partition coefficient (Wildman–Crippen LogP) is 12.3. The Bertz CT molecular complexity index is 712. The monoisotopic (exact) mass is 785 g/mol. The van der Waals surface area contributed by atoms with Crippen LogP contribution in [0.3, 0.4) is 0 Å². The van der Waals surface area contributed by atoms with Gasteiger partial charge in [-0.25, -0.2) is 0 Å². The molecule has 0 rings (SSSR count). The molecule has 0 aliphatic heterocycles. The van der Waals surface area contributed by atoms with Gasteiger partial charge in [-0.2, -0.15) is 0 Å². The average Bonchev–Trinajstić information content (AvgIpc) is 3.12. The maximum Gasteiger partial charge on any atom is 0.745 e. The number of aliphatic hydroxyl groups is 4. The summed E-state index contributed by atoms with van der Waals surface area (Å²) in [7, 11) is -5.85. The molecule has 0 aromatic carbocycles. The summed E-state index contributed by atoms with van der Waals surface area (Å²) < 4.78 is 22.2. The maximum atomic E-state index is 11.7. The van der Waals surface area contributed by atoms with Gasteiger partial charge in [-0.15, -0.1) is 9.79 Å². The van der Waals surface area contributed by atoms with Gasteiger partial charge in [-0.3, -0.25) is 0 Å². The van der Waals surface area contributed by atoms with Gasteiger partial charge in [0.25, 0.3) is 0 Å². The number of hydrogen-bond donors (Lipinski definition) is 6. The Morgan fingerprint density at radius 3 is 0.731 bits per heavy atom. The van der Waals surface area contributed by atoms with Gasteiger partial charge in [-0.1, -0.05) is 219 Å². The molecule has 52 heavy (non-hydrogen) atoms. The number of rotatable bonds is 40. The number of hydrogen-bond acceptors (Lipinski definition) is 7. The van der Waals surface area contributed by atoms with Gasteiger partial charge >= 0.3 is 16.5 Å². The van der Waals surface area contributed by atoms with Crippen LogP contribution in [0, 0.1) is 5.41 Å². The van der Waals surface area contributed by atoms with Crippen LogP contribution in [0.15, 0.2) is 0 Å². The van der Waals surface area contributed by atoms with E-state index in [4.69, 9.17) is 9.79 Å². The fourth-order valence-corrected chi connectivity index (χ4v) is 7.72. The minimum atomic E-state index is -2.92. The van der Waals surface area contributed by atoms with Crippen LogP contribution >= 0.6 is 16.5 Å². The van der Waals surface area contributed by atoms with Gasteiger partial charge in [0.05, 0.1) is 30.8 Å². The first kappa shape index (κ1) is 54.0. The van der Waals surface area contributed by atoms with Crippen LogP contribution in [0.4, 0.5) is 0 Å². The van der Waals surface area contributed by atoms with E-state index in [-0.39, 0.29) is 19.8 Å². The van der Waals surface area contributed by atoms with E-state index < -0.39 is 27.5 Å². The lowest BCUT2D eigenvalue weighted by Gasteiger charge is -2.44. The van der Waals surface area contributed by atoms with E-state index in [1.807, 2.05) is 0 Å². The minimum Gasteiger partial charge on any atom is -0.395 e. The van der Waals surface area contributed by atoms with Crippen LogP contribution < -0.4 is 0 Å². The first-order chi connectivity index (χ1) is 25.2. The molecule has 0 spiro atoms. The Morgan fingerprint density at radius 2 is 0.577 bits per heavy atom. The van der Waals surface area contributed by atoms with Crippen molar-refractivity contribution in [3.05, 3.63) is 0 Å². The lowest BCUT2D eigenvalue weighted by Crippen LogP contribution is -2.55. The molecular formula is C41H86O9P2+2. The van der Waals surface area contributed by atoms with Gasteiger partial charge in [0, 0.05) is 9.13 Å². The van der Waals surface area contributed by atoms with E-state index in [0.29, 0.717) is 12.8 Å². The fraction of sp³-hybridized carbons (Fsp3) is 1.00. The van der Waals surface area contributed by atoms with E-state index in [2.05, 4.69) is 18.2 Å². The Kier molecular flexibility index (Phi) is 42.2. The van der Waals surface area contributed by atoms with Crippen molar-refractivity contribution < 1.29 is 43.7 Å². The molecule has 0 aliphatic rings. The highest BCUT2D eigenvalue weighted by Crippen LogP contribution is 2.39. The van der Waals surface area contributed by atoms with Crippen molar-refractivity contribution in [1.29, 1.82) is 0 Å². The van der Waals surface area contributed by atoms with Crippen LogP contribution in [-0.2, 0) is 13.4 Å². The second-order valence-electron chi connectivity index (χ2n) is 15.5. The highest BCUT2D eigenvalue weighted by molar-refractivity contribution is 7.46. The maximum absolute atomic E-state index is 11.7. The zero-order valence-electron chi connectivity index (χ0n) is 34.0. The lowest BCUT2D eigenvalue weighted by atomic mass is 9.68. The van der Waals surface area contributed by atoms with Gasteiger partial charge in [0.15, 0.2) is 4.31 Å². The largest absolute Gasteiger partial charge is 0.745 e. The second-order valence-corrected chi connectivity index (χ2v) is 17.1. The molecule has 0 saturated carbocycles. The predicted molar refractivity (Wildman–Crippen MR) is 218 cm³/mol. The summed E-state index contributed by atoms with van der Waals surface area (Å²) in [6, 6.07) is 0. The summed E-state index contributed by atoms with van der Waals surface area (Å²) in [5, 5.41) is 42.0. The Morgan fingerprint density at radius 1 is 0.385 bits per heavy atom. The van der Waals surface area contributed by atoms with E-state index >= 15 is 0 Å². The molecule has 9 nitrogen and oxygen atoms in total. The second kappa shape index (κ2) is 40.6. The van der Waals surface area contributed by atoms with Gasteiger partial charge in [0.1, 0.15) is 0 Å². The first-order valence-corrected chi connectivity index (χ1v) is 24.0. The van der Waals surface area contributed by atoms with Crippen molar-refractivity contribution in [2.24, 2.45) is 5.41 Å². The Balaban J connectivity index is 0. The van der Waals surface area contributed by atoms with Crippen LogP contribution in [0.2, 0.25) is 0 Å². The lowest BCUT2D eigenvalue weighted by molar-refractivity contribution is -0.162. The molecule has 0 saturated heterocycles. The third kappa shape index (κ3) is 33.3. The van der Waals surface area contributed by atoms with Crippen molar-refractivity contribution in [3.8, 4) is 0 Å². The topological polar surface area (TPSA) is 165 Å². The smallest absolute Gasteiger partial charge is 0.395 e. The zero-order valence-corrected chi connectivity index (χ0v) is 35.8. The Labute approximate surface area is 322 Å². The fourth-order valence-electron chi connectivity index (χ4n) is 7.24. The van der Waals surface area contributed by atoms with E-state index in [0.717, 1.165) is 25.7 Å². The SMILES string of the molecule is CCCCCCCCCCCCCCCCCCC(O)(CCCCCCCCCCCCCCCCCC)C(CO)(CO)CO.O=[P+](O)O[P+](=O)O. The first-order valence-electron chi connectivity index (χ1n) is 21.7. The van der Waals surface area contributed by atoms with Gasteiger partial charge in [-0.05, 0) is 12.8 Å². The quantitative estimate of drug-likeness (QED) is 0.0262. The highest BCUT2D eigenvalue weighted by atomic mass is 31.2. The average molecular weight is 785 g/mol. The molecule has 11 heteroatoms. The van der Waals surface area contributed by atoms with E-state index in [9.17, 15) is 29.6 Å². The Hall–Kier alpha value is -0.0800. The molecule has 312 valence electrons. The molecule has 6 N–H and O–H groups in total. The minimum absolute atomic E-state index is 0.381. The van der Waals surface area contributed by atoms with Crippen molar-refractivity contribution in [2.45, 2.75) is 238 Å².